The molecule has 0 saturated heterocycles. The van der Waals surface area contributed by atoms with Crippen molar-refractivity contribution >= 4 is 5.91 Å². The molecule has 0 aliphatic heterocycles. The number of benzene rings is 2. The largest absolute Gasteiger partial charge is 0.481 e. The maximum absolute atomic E-state index is 12.9. The quantitative estimate of drug-likeness (QED) is 0.829. The van der Waals surface area contributed by atoms with Gasteiger partial charge in [0.15, 0.2) is 6.10 Å². The van der Waals surface area contributed by atoms with Crippen molar-refractivity contribution in [3.05, 3.63) is 66.0 Å². The SMILES string of the molecule is CCC(Oc1ccc(F)cc1)C(=O)NC(CC)c1ccccc1. The summed E-state index contributed by atoms with van der Waals surface area (Å²) >= 11 is 0. The molecule has 0 saturated carbocycles. The first kappa shape index (κ1) is 17.0. The summed E-state index contributed by atoms with van der Waals surface area (Å²) in [5.41, 5.74) is 1.07. The molecule has 2 rings (SSSR count). The number of amides is 1. The van der Waals surface area contributed by atoms with Crippen LogP contribution in [0.1, 0.15) is 38.3 Å². The standard InChI is InChI=1S/C19H22FNO2/c1-3-17(14-8-6-5-7-9-14)21-19(22)18(4-2)23-16-12-10-15(20)11-13-16/h5-13,17-18H,3-4H2,1-2H3,(H,21,22). The highest BCUT2D eigenvalue weighted by molar-refractivity contribution is 5.81. The molecule has 0 spiro atoms. The Labute approximate surface area is 136 Å². The molecule has 2 aromatic rings. The van der Waals surface area contributed by atoms with E-state index in [2.05, 4.69) is 5.32 Å². The first-order valence-corrected chi connectivity index (χ1v) is 7.91. The number of nitrogens with one attached hydrogen (secondary N) is 1. The summed E-state index contributed by atoms with van der Waals surface area (Å²) in [5, 5.41) is 3.03. The second-order valence-corrected chi connectivity index (χ2v) is 5.35. The van der Waals surface area contributed by atoms with Gasteiger partial charge in [0.25, 0.3) is 5.91 Å². The second kappa shape index (κ2) is 8.32. The van der Waals surface area contributed by atoms with E-state index in [1.807, 2.05) is 44.2 Å². The Morgan fingerprint density at radius 1 is 1.04 bits per heavy atom. The number of carbonyl (C=O) groups excluding carboxylic acids is 1. The van der Waals surface area contributed by atoms with Crippen molar-refractivity contribution in [1.82, 2.24) is 5.32 Å². The molecule has 0 aliphatic carbocycles. The highest BCUT2D eigenvalue weighted by Crippen LogP contribution is 2.18. The molecule has 0 bridgehead atoms. The van der Waals surface area contributed by atoms with E-state index < -0.39 is 6.10 Å². The van der Waals surface area contributed by atoms with Crippen LogP contribution in [0.3, 0.4) is 0 Å². The molecular weight excluding hydrogens is 293 g/mol. The lowest BCUT2D eigenvalue weighted by molar-refractivity contribution is -0.128. The topological polar surface area (TPSA) is 38.3 Å². The Hall–Kier alpha value is -2.36. The van der Waals surface area contributed by atoms with Crippen LogP contribution in [0.25, 0.3) is 0 Å². The van der Waals surface area contributed by atoms with Crippen LogP contribution >= 0.6 is 0 Å². The fourth-order valence-corrected chi connectivity index (χ4v) is 2.37. The minimum atomic E-state index is -0.599. The molecule has 2 atom stereocenters. The Kier molecular flexibility index (Phi) is 6.15. The average molecular weight is 315 g/mol. The Balaban J connectivity index is 2.02. The van der Waals surface area contributed by atoms with Crippen molar-refractivity contribution in [3.8, 4) is 5.75 Å². The van der Waals surface area contributed by atoms with E-state index in [1.165, 1.54) is 24.3 Å². The first-order chi connectivity index (χ1) is 11.1. The number of ether oxygens (including phenoxy) is 1. The fraction of sp³-hybridized carbons (Fsp3) is 0.316. The Morgan fingerprint density at radius 2 is 1.70 bits per heavy atom. The van der Waals surface area contributed by atoms with Gasteiger partial charge in [0.2, 0.25) is 0 Å². The van der Waals surface area contributed by atoms with E-state index in [1.54, 1.807) is 0 Å². The molecule has 1 amide bonds. The summed E-state index contributed by atoms with van der Waals surface area (Å²) in [6.45, 7) is 3.91. The number of rotatable bonds is 7. The van der Waals surface area contributed by atoms with Gasteiger partial charge in [-0.15, -0.1) is 0 Å². The van der Waals surface area contributed by atoms with Crippen LogP contribution < -0.4 is 10.1 Å². The minimum Gasteiger partial charge on any atom is -0.481 e. The third-order valence-electron chi connectivity index (χ3n) is 3.68. The minimum absolute atomic E-state index is 0.0467. The van der Waals surface area contributed by atoms with E-state index in [4.69, 9.17) is 4.74 Å². The van der Waals surface area contributed by atoms with Crippen molar-refractivity contribution < 1.29 is 13.9 Å². The smallest absolute Gasteiger partial charge is 0.261 e. The molecule has 2 unspecified atom stereocenters. The van der Waals surface area contributed by atoms with Gasteiger partial charge in [0.1, 0.15) is 11.6 Å². The third-order valence-corrected chi connectivity index (χ3v) is 3.68. The van der Waals surface area contributed by atoms with Gasteiger partial charge in [0, 0.05) is 0 Å². The van der Waals surface area contributed by atoms with E-state index >= 15 is 0 Å². The van der Waals surface area contributed by atoms with E-state index in [0.717, 1.165) is 12.0 Å². The van der Waals surface area contributed by atoms with Gasteiger partial charge in [-0.05, 0) is 42.7 Å². The van der Waals surface area contributed by atoms with Gasteiger partial charge in [0.05, 0.1) is 6.04 Å². The molecular formula is C19H22FNO2. The number of halogens is 1. The van der Waals surface area contributed by atoms with Crippen molar-refractivity contribution in [2.24, 2.45) is 0 Å². The summed E-state index contributed by atoms with van der Waals surface area (Å²) < 4.78 is 18.6. The van der Waals surface area contributed by atoms with E-state index in [9.17, 15) is 9.18 Å². The number of hydrogen-bond acceptors (Lipinski definition) is 2. The Morgan fingerprint density at radius 3 is 2.26 bits per heavy atom. The van der Waals surface area contributed by atoms with Crippen molar-refractivity contribution in [3.63, 3.8) is 0 Å². The first-order valence-electron chi connectivity index (χ1n) is 7.91. The van der Waals surface area contributed by atoms with Gasteiger partial charge < -0.3 is 10.1 Å². The molecule has 0 heterocycles. The number of hydrogen-bond donors (Lipinski definition) is 1. The van der Waals surface area contributed by atoms with Crippen molar-refractivity contribution in [2.75, 3.05) is 0 Å². The fourth-order valence-electron chi connectivity index (χ4n) is 2.37. The normalized spacial score (nSPS) is 13.2. The average Bonchev–Trinajstić information content (AvgIpc) is 2.59. The van der Waals surface area contributed by atoms with Gasteiger partial charge in [-0.2, -0.15) is 0 Å². The van der Waals surface area contributed by atoms with Crippen LogP contribution in [-0.2, 0) is 4.79 Å². The zero-order chi connectivity index (χ0) is 16.7. The van der Waals surface area contributed by atoms with Gasteiger partial charge in [-0.1, -0.05) is 44.2 Å². The highest BCUT2D eigenvalue weighted by atomic mass is 19.1. The van der Waals surface area contributed by atoms with Gasteiger partial charge in [-0.25, -0.2) is 4.39 Å². The maximum atomic E-state index is 12.9. The lowest BCUT2D eigenvalue weighted by Gasteiger charge is -2.22. The van der Waals surface area contributed by atoms with E-state index in [-0.39, 0.29) is 17.8 Å². The summed E-state index contributed by atoms with van der Waals surface area (Å²) in [7, 11) is 0. The van der Waals surface area contributed by atoms with Gasteiger partial charge in [-0.3, -0.25) is 4.79 Å². The van der Waals surface area contributed by atoms with Crippen LogP contribution in [0.4, 0.5) is 4.39 Å². The van der Waals surface area contributed by atoms with E-state index in [0.29, 0.717) is 12.2 Å². The Bertz CT molecular complexity index is 613. The van der Waals surface area contributed by atoms with Crippen LogP contribution in [-0.4, -0.2) is 12.0 Å². The van der Waals surface area contributed by atoms with Crippen LogP contribution in [0.15, 0.2) is 54.6 Å². The zero-order valence-electron chi connectivity index (χ0n) is 13.5. The predicted molar refractivity (Wildman–Crippen MR) is 88.7 cm³/mol. The maximum Gasteiger partial charge on any atom is 0.261 e. The van der Waals surface area contributed by atoms with Gasteiger partial charge >= 0.3 is 0 Å². The summed E-state index contributed by atoms with van der Waals surface area (Å²) in [5.74, 6) is -0.00124. The highest BCUT2D eigenvalue weighted by Gasteiger charge is 2.21. The summed E-state index contributed by atoms with van der Waals surface area (Å²) in [4.78, 5) is 12.5. The number of carbonyl (C=O) groups is 1. The molecule has 4 heteroatoms. The molecule has 122 valence electrons. The molecule has 1 N–H and O–H groups in total. The molecule has 0 fully saturated rings. The molecule has 0 radical (unpaired) electrons. The van der Waals surface area contributed by atoms with Crippen molar-refractivity contribution in [1.29, 1.82) is 0 Å². The van der Waals surface area contributed by atoms with Crippen LogP contribution in [0.2, 0.25) is 0 Å². The van der Waals surface area contributed by atoms with Crippen LogP contribution in [0, 0.1) is 5.82 Å². The lowest BCUT2D eigenvalue weighted by atomic mass is 10.0. The molecule has 0 aliphatic rings. The summed E-state index contributed by atoms with van der Waals surface area (Å²) in [6, 6.07) is 15.5. The molecule has 23 heavy (non-hydrogen) atoms. The molecule has 0 aromatic heterocycles. The monoisotopic (exact) mass is 315 g/mol. The van der Waals surface area contributed by atoms with Crippen LogP contribution in [0.5, 0.6) is 5.75 Å². The predicted octanol–water partition coefficient (Wildman–Crippen LogP) is 4.25. The second-order valence-electron chi connectivity index (χ2n) is 5.35. The zero-order valence-corrected chi connectivity index (χ0v) is 13.5. The molecule has 3 nitrogen and oxygen atoms in total. The third kappa shape index (κ3) is 4.81. The summed E-state index contributed by atoms with van der Waals surface area (Å²) in [6.07, 6.45) is 0.732. The lowest BCUT2D eigenvalue weighted by Crippen LogP contribution is -2.39. The molecule has 2 aromatic carbocycles. The van der Waals surface area contributed by atoms with Crippen molar-refractivity contribution in [2.45, 2.75) is 38.8 Å².